The number of esters is 1. The lowest BCUT2D eigenvalue weighted by Crippen LogP contribution is -2.20. The first kappa shape index (κ1) is 16.5. The van der Waals surface area contributed by atoms with Crippen LogP contribution in [-0.2, 0) is 9.53 Å². The Morgan fingerprint density at radius 3 is 2.45 bits per heavy atom. The number of aromatic nitrogens is 2. The van der Waals surface area contributed by atoms with Crippen LogP contribution in [0, 0.1) is 0 Å². The van der Waals surface area contributed by atoms with Crippen molar-refractivity contribution < 1.29 is 24.5 Å². The number of aliphatic hydroxyl groups is 2. The lowest BCUT2D eigenvalue weighted by atomic mass is 10.1. The fourth-order valence-electron chi connectivity index (χ4n) is 1.39. The van der Waals surface area contributed by atoms with Crippen molar-refractivity contribution >= 4 is 22.8 Å². The number of carbonyl (C=O) groups is 2. The minimum atomic E-state index is -1.17. The predicted octanol–water partition coefficient (Wildman–Crippen LogP) is 0.327. The Morgan fingerprint density at radius 2 is 1.95 bits per heavy atom. The van der Waals surface area contributed by atoms with Gasteiger partial charge in [-0.1, -0.05) is 11.8 Å². The van der Waals surface area contributed by atoms with Crippen molar-refractivity contribution in [3.8, 4) is 0 Å². The first-order chi connectivity index (χ1) is 9.45. The highest BCUT2D eigenvalue weighted by atomic mass is 32.2. The summed E-state index contributed by atoms with van der Waals surface area (Å²) in [5, 5.41) is 19.6. The van der Waals surface area contributed by atoms with Gasteiger partial charge in [-0.05, 0) is 6.42 Å². The molecule has 0 aliphatic carbocycles. The van der Waals surface area contributed by atoms with E-state index in [4.69, 9.17) is 0 Å². The molecule has 0 radical (unpaired) electrons. The summed E-state index contributed by atoms with van der Waals surface area (Å²) in [6, 6.07) is 0. The van der Waals surface area contributed by atoms with Crippen molar-refractivity contribution in [2.75, 3.05) is 12.9 Å². The zero-order valence-corrected chi connectivity index (χ0v) is 12.0. The molecule has 20 heavy (non-hydrogen) atoms. The molecule has 0 aliphatic rings. The average Bonchev–Trinajstić information content (AvgIpc) is 2.45. The number of carbonyl (C=O) groups excluding carboxylic acids is 2. The van der Waals surface area contributed by atoms with Crippen molar-refractivity contribution in [1.29, 1.82) is 0 Å². The highest BCUT2D eigenvalue weighted by Gasteiger charge is 2.20. The quantitative estimate of drug-likeness (QED) is 0.723. The fraction of sp³-hybridized carbons (Fsp3) is 0.500. The second-order valence-electron chi connectivity index (χ2n) is 3.97. The lowest BCUT2D eigenvalue weighted by Gasteiger charge is -2.17. The van der Waals surface area contributed by atoms with Crippen LogP contribution in [0.15, 0.2) is 12.4 Å². The first-order valence-electron chi connectivity index (χ1n) is 5.85. The lowest BCUT2D eigenvalue weighted by molar-refractivity contribution is -0.109. The normalized spacial score (nSPS) is 13.6. The van der Waals surface area contributed by atoms with Crippen molar-refractivity contribution in [2.24, 2.45) is 0 Å². The summed E-state index contributed by atoms with van der Waals surface area (Å²) in [7, 11) is 1.21. The van der Waals surface area contributed by atoms with E-state index in [1.807, 2.05) is 0 Å². The molecule has 0 saturated carbocycles. The molecule has 0 aliphatic heterocycles. The van der Waals surface area contributed by atoms with Gasteiger partial charge in [0.1, 0.15) is 6.10 Å². The van der Waals surface area contributed by atoms with E-state index in [0.29, 0.717) is 5.75 Å². The zero-order chi connectivity index (χ0) is 15.1. The molecule has 7 nitrogen and oxygen atoms in total. The molecule has 110 valence electrons. The Hall–Kier alpha value is -1.51. The minimum absolute atomic E-state index is 0.0440. The average molecular weight is 300 g/mol. The Morgan fingerprint density at radius 1 is 1.35 bits per heavy atom. The van der Waals surface area contributed by atoms with Crippen molar-refractivity contribution in [1.82, 2.24) is 9.97 Å². The van der Waals surface area contributed by atoms with Gasteiger partial charge in [-0.3, -0.25) is 4.79 Å². The number of rotatable bonds is 6. The smallest absolute Gasteiger partial charge is 0.376 e. The Bertz CT molecular complexity index is 465. The topological polar surface area (TPSA) is 110 Å². The Labute approximate surface area is 120 Å². The van der Waals surface area contributed by atoms with E-state index in [9.17, 15) is 19.8 Å². The number of aliphatic hydroxyl groups excluding tert-OH is 2. The predicted molar refractivity (Wildman–Crippen MR) is 72.1 cm³/mol. The van der Waals surface area contributed by atoms with E-state index in [2.05, 4.69) is 14.7 Å². The molecule has 2 unspecified atom stereocenters. The number of thioether (sulfide) groups is 1. The molecular formula is C12H16N2O5S. The number of methoxy groups -OCH3 is 1. The monoisotopic (exact) mass is 300 g/mol. The van der Waals surface area contributed by atoms with Gasteiger partial charge < -0.3 is 14.9 Å². The third-order valence-corrected chi connectivity index (χ3v) is 3.31. The van der Waals surface area contributed by atoms with Gasteiger partial charge in [-0.25, -0.2) is 14.8 Å². The SMILES string of the molecule is COC(=O)c1ncc(C(O)C(O)CCSC(C)=O)cn1. The van der Waals surface area contributed by atoms with Gasteiger partial charge >= 0.3 is 5.97 Å². The van der Waals surface area contributed by atoms with Crippen LogP contribution in [0.2, 0.25) is 0 Å². The molecule has 0 bridgehead atoms. The molecular weight excluding hydrogens is 284 g/mol. The van der Waals surface area contributed by atoms with E-state index < -0.39 is 18.2 Å². The summed E-state index contributed by atoms with van der Waals surface area (Å²) < 4.78 is 4.45. The van der Waals surface area contributed by atoms with Gasteiger partial charge in [0.25, 0.3) is 0 Å². The van der Waals surface area contributed by atoms with E-state index in [1.165, 1.54) is 26.4 Å². The summed E-state index contributed by atoms with van der Waals surface area (Å²) in [4.78, 5) is 29.4. The Kier molecular flexibility index (Phi) is 6.56. The van der Waals surface area contributed by atoms with Gasteiger partial charge in [-0.2, -0.15) is 0 Å². The molecule has 2 N–H and O–H groups in total. The highest BCUT2D eigenvalue weighted by Crippen LogP contribution is 2.19. The summed E-state index contributed by atoms with van der Waals surface area (Å²) in [6.45, 7) is 1.44. The molecule has 1 aromatic heterocycles. The molecule has 1 rings (SSSR count). The first-order valence-corrected chi connectivity index (χ1v) is 6.84. The maximum atomic E-state index is 11.1. The van der Waals surface area contributed by atoms with Crippen molar-refractivity contribution in [2.45, 2.75) is 25.6 Å². The van der Waals surface area contributed by atoms with Crippen LogP contribution in [0.3, 0.4) is 0 Å². The van der Waals surface area contributed by atoms with Crippen LogP contribution in [0.1, 0.15) is 35.6 Å². The molecule has 1 aromatic rings. The van der Waals surface area contributed by atoms with Crippen LogP contribution < -0.4 is 0 Å². The van der Waals surface area contributed by atoms with E-state index in [0.717, 1.165) is 11.8 Å². The molecule has 0 fully saturated rings. The maximum Gasteiger partial charge on any atom is 0.376 e. The fourth-order valence-corrected chi connectivity index (χ4v) is 2.04. The van der Waals surface area contributed by atoms with Gasteiger partial charge in [0, 0.05) is 30.6 Å². The van der Waals surface area contributed by atoms with E-state index in [-0.39, 0.29) is 22.9 Å². The van der Waals surface area contributed by atoms with Gasteiger partial charge in [0.15, 0.2) is 5.12 Å². The molecule has 2 atom stereocenters. The van der Waals surface area contributed by atoms with Crippen molar-refractivity contribution in [3.05, 3.63) is 23.8 Å². The third-order valence-electron chi connectivity index (χ3n) is 2.46. The summed E-state index contributed by atoms with van der Waals surface area (Å²) >= 11 is 1.08. The summed E-state index contributed by atoms with van der Waals surface area (Å²) in [5.74, 6) is -0.385. The maximum absolute atomic E-state index is 11.1. The van der Waals surface area contributed by atoms with Crippen LogP contribution in [0.5, 0.6) is 0 Å². The summed E-state index contributed by atoms with van der Waals surface area (Å²) in [5.41, 5.74) is 0.290. The van der Waals surface area contributed by atoms with Crippen LogP contribution in [0.25, 0.3) is 0 Å². The summed E-state index contributed by atoms with van der Waals surface area (Å²) in [6.07, 6.45) is 0.560. The van der Waals surface area contributed by atoms with Crippen LogP contribution in [-0.4, -0.2) is 50.2 Å². The molecule has 0 amide bonds. The zero-order valence-electron chi connectivity index (χ0n) is 11.1. The molecule has 0 saturated heterocycles. The van der Waals surface area contributed by atoms with Gasteiger partial charge in [-0.15, -0.1) is 0 Å². The number of hydrogen-bond donors (Lipinski definition) is 2. The van der Waals surface area contributed by atoms with Gasteiger partial charge in [0.2, 0.25) is 5.82 Å². The highest BCUT2D eigenvalue weighted by molar-refractivity contribution is 8.13. The van der Waals surface area contributed by atoms with Gasteiger partial charge in [0.05, 0.1) is 13.2 Å². The number of nitrogens with zero attached hydrogens (tertiary/aromatic N) is 2. The minimum Gasteiger partial charge on any atom is -0.463 e. The Balaban J connectivity index is 2.60. The number of hydrogen-bond acceptors (Lipinski definition) is 8. The third kappa shape index (κ3) is 4.87. The second kappa shape index (κ2) is 7.93. The second-order valence-corrected chi connectivity index (χ2v) is 5.24. The molecule has 0 aromatic carbocycles. The van der Waals surface area contributed by atoms with E-state index >= 15 is 0 Å². The molecule has 8 heteroatoms. The largest absolute Gasteiger partial charge is 0.463 e. The van der Waals surface area contributed by atoms with Crippen LogP contribution in [0.4, 0.5) is 0 Å². The van der Waals surface area contributed by atoms with Crippen LogP contribution >= 0.6 is 11.8 Å². The molecule has 0 spiro atoms. The number of ether oxygens (including phenoxy) is 1. The van der Waals surface area contributed by atoms with Crippen molar-refractivity contribution in [3.63, 3.8) is 0 Å². The van der Waals surface area contributed by atoms with E-state index in [1.54, 1.807) is 0 Å². The molecule has 1 heterocycles. The standard InChI is InChI=1S/C12H16N2O5S/c1-7(15)20-4-3-9(16)10(17)8-5-13-11(14-6-8)12(18)19-2/h5-6,9-10,16-17H,3-4H2,1-2H3.